The van der Waals surface area contributed by atoms with Gasteiger partial charge in [0.25, 0.3) is 0 Å². The molecule has 0 fully saturated rings. The minimum atomic E-state index is -0.428. The van der Waals surface area contributed by atoms with Crippen molar-refractivity contribution in [3.63, 3.8) is 0 Å². The molecular formula is C15H16N2O. The van der Waals surface area contributed by atoms with Crippen molar-refractivity contribution in [3.05, 3.63) is 53.7 Å². The third-order valence-electron chi connectivity index (χ3n) is 2.92. The third kappa shape index (κ3) is 2.40. The van der Waals surface area contributed by atoms with E-state index in [0.29, 0.717) is 11.5 Å². The fraction of sp³-hybridized carbons (Fsp3) is 0.200. The number of nitrogens with zero attached hydrogens (tertiary/aromatic N) is 1. The number of nitrogens with two attached hydrogens (primary N) is 1. The average molecular weight is 240 g/mol. The van der Waals surface area contributed by atoms with Crippen LogP contribution in [-0.2, 0) is 0 Å². The van der Waals surface area contributed by atoms with Gasteiger partial charge in [0.1, 0.15) is 0 Å². The maximum Gasteiger partial charge on any atom is 0.249 e. The molecule has 1 aromatic heterocycles. The summed E-state index contributed by atoms with van der Waals surface area (Å²) in [4.78, 5) is 15.7. The van der Waals surface area contributed by atoms with E-state index in [0.717, 1.165) is 11.3 Å². The van der Waals surface area contributed by atoms with E-state index in [1.807, 2.05) is 24.3 Å². The molecule has 0 unspecified atom stereocenters. The lowest BCUT2D eigenvalue weighted by molar-refractivity contribution is 0.100. The lowest BCUT2D eigenvalue weighted by Gasteiger charge is -2.09. The Balaban J connectivity index is 2.55. The molecule has 2 aromatic rings. The van der Waals surface area contributed by atoms with E-state index >= 15 is 0 Å². The van der Waals surface area contributed by atoms with E-state index in [2.05, 4.69) is 18.8 Å². The largest absolute Gasteiger partial charge is 0.366 e. The lowest BCUT2D eigenvalue weighted by atomic mass is 9.99. The first-order valence-corrected chi connectivity index (χ1v) is 5.94. The van der Waals surface area contributed by atoms with Gasteiger partial charge in [-0.3, -0.25) is 9.78 Å². The summed E-state index contributed by atoms with van der Waals surface area (Å²) < 4.78 is 0. The van der Waals surface area contributed by atoms with E-state index < -0.39 is 5.91 Å². The number of carbonyl (C=O) groups excluding carboxylic acids is 1. The van der Waals surface area contributed by atoms with Crippen LogP contribution >= 0.6 is 0 Å². The highest BCUT2D eigenvalue weighted by Crippen LogP contribution is 2.24. The van der Waals surface area contributed by atoms with Gasteiger partial charge in [0.2, 0.25) is 5.91 Å². The maximum atomic E-state index is 11.4. The standard InChI is InChI=1S/C15H16N2O/c1-10(2)11-7-8-17-14(9-11)12-5-3-4-6-13(12)15(16)18/h3-10H,1-2H3,(H2,16,18). The van der Waals surface area contributed by atoms with Crippen molar-refractivity contribution < 1.29 is 4.79 Å². The van der Waals surface area contributed by atoms with Gasteiger partial charge in [-0.25, -0.2) is 0 Å². The van der Waals surface area contributed by atoms with Crippen LogP contribution in [0, 0.1) is 0 Å². The molecule has 92 valence electrons. The van der Waals surface area contributed by atoms with Gasteiger partial charge in [-0.2, -0.15) is 0 Å². The number of amides is 1. The zero-order chi connectivity index (χ0) is 13.1. The fourth-order valence-electron chi connectivity index (χ4n) is 1.87. The zero-order valence-electron chi connectivity index (χ0n) is 10.6. The molecule has 2 N–H and O–H groups in total. The Morgan fingerprint density at radius 2 is 1.94 bits per heavy atom. The Bertz CT molecular complexity index is 576. The molecule has 0 atom stereocenters. The smallest absolute Gasteiger partial charge is 0.249 e. The Morgan fingerprint density at radius 3 is 2.61 bits per heavy atom. The molecule has 0 saturated carbocycles. The molecule has 0 aliphatic rings. The van der Waals surface area contributed by atoms with Crippen molar-refractivity contribution in [2.24, 2.45) is 5.73 Å². The normalized spacial score (nSPS) is 10.6. The van der Waals surface area contributed by atoms with Gasteiger partial charge in [0.05, 0.1) is 5.69 Å². The van der Waals surface area contributed by atoms with Crippen molar-refractivity contribution >= 4 is 5.91 Å². The predicted molar refractivity (Wildman–Crippen MR) is 72.3 cm³/mol. The van der Waals surface area contributed by atoms with E-state index in [4.69, 9.17) is 5.73 Å². The van der Waals surface area contributed by atoms with Crippen LogP contribution in [0.4, 0.5) is 0 Å². The predicted octanol–water partition coefficient (Wildman–Crippen LogP) is 2.97. The summed E-state index contributed by atoms with van der Waals surface area (Å²) >= 11 is 0. The molecule has 0 bridgehead atoms. The molecule has 2 rings (SSSR count). The van der Waals surface area contributed by atoms with E-state index in [9.17, 15) is 4.79 Å². The van der Waals surface area contributed by atoms with Crippen LogP contribution in [0.25, 0.3) is 11.3 Å². The van der Waals surface area contributed by atoms with Crippen LogP contribution in [0.2, 0.25) is 0 Å². The summed E-state index contributed by atoms with van der Waals surface area (Å²) in [5.41, 5.74) is 8.65. The monoisotopic (exact) mass is 240 g/mol. The molecule has 0 radical (unpaired) electrons. The average Bonchev–Trinajstić information content (AvgIpc) is 2.39. The van der Waals surface area contributed by atoms with Gasteiger partial charge in [0, 0.05) is 17.3 Å². The first kappa shape index (κ1) is 12.3. The highest BCUT2D eigenvalue weighted by atomic mass is 16.1. The fourth-order valence-corrected chi connectivity index (χ4v) is 1.87. The zero-order valence-corrected chi connectivity index (χ0v) is 10.6. The molecule has 1 heterocycles. The van der Waals surface area contributed by atoms with E-state index in [1.165, 1.54) is 5.56 Å². The third-order valence-corrected chi connectivity index (χ3v) is 2.92. The minimum Gasteiger partial charge on any atom is -0.366 e. The van der Waals surface area contributed by atoms with Crippen LogP contribution < -0.4 is 5.73 Å². The molecule has 18 heavy (non-hydrogen) atoms. The van der Waals surface area contributed by atoms with Crippen LogP contribution in [0.3, 0.4) is 0 Å². The second-order valence-electron chi connectivity index (χ2n) is 4.54. The van der Waals surface area contributed by atoms with Gasteiger partial charge in [-0.1, -0.05) is 32.0 Å². The SMILES string of the molecule is CC(C)c1ccnc(-c2ccccc2C(N)=O)c1. The van der Waals surface area contributed by atoms with Gasteiger partial charge in [0.15, 0.2) is 0 Å². The summed E-state index contributed by atoms with van der Waals surface area (Å²) in [5.74, 6) is -0.00478. The van der Waals surface area contributed by atoms with Gasteiger partial charge in [-0.15, -0.1) is 0 Å². The van der Waals surface area contributed by atoms with Crippen molar-refractivity contribution in [1.29, 1.82) is 0 Å². The lowest BCUT2D eigenvalue weighted by Crippen LogP contribution is -2.12. The summed E-state index contributed by atoms with van der Waals surface area (Å²) in [7, 11) is 0. The Kier molecular flexibility index (Phi) is 3.42. The van der Waals surface area contributed by atoms with Gasteiger partial charge in [-0.05, 0) is 29.7 Å². The highest BCUT2D eigenvalue weighted by Gasteiger charge is 2.11. The highest BCUT2D eigenvalue weighted by molar-refractivity contribution is 5.99. The first-order chi connectivity index (χ1) is 8.59. The van der Waals surface area contributed by atoms with E-state index in [-0.39, 0.29) is 0 Å². The molecule has 1 aromatic carbocycles. The van der Waals surface area contributed by atoms with Crippen LogP contribution in [0.15, 0.2) is 42.6 Å². The Labute approximate surface area is 107 Å². The second kappa shape index (κ2) is 5.00. The Hall–Kier alpha value is -2.16. The molecule has 0 saturated heterocycles. The van der Waals surface area contributed by atoms with Crippen molar-refractivity contribution in [2.45, 2.75) is 19.8 Å². The number of benzene rings is 1. The summed E-state index contributed by atoms with van der Waals surface area (Å²) in [6.45, 7) is 4.25. The topological polar surface area (TPSA) is 56.0 Å². The molecule has 3 heteroatoms. The first-order valence-electron chi connectivity index (χ1n) is 5.94. The number of aromatic nitrogens is 1. The number of rotatable bonds is 3. The molecule has 0 spiro atoms. The number of primary amides is 1. The number of carbonyl (C=O) groups is 1. The van der Waals surface area contributed by atoms with Crippen molar-refractivity contribution in [2.75, 3.05) is 0 Å². The number of hydrogen-bond donors (Lipinski definition) is 1. The van der Waals surface area contributed by atoms with Gasteiger partial charge >= 0.3 is 0 Å². The van der Waals surface area contributed by atoms with Crippen LogP contribution in [0.1, 0.15) is 35.7 Å². The van der Waals surface area contributed by atoms with Crippen molar-refractivity contribution in [1.82, 2.24) is 4.98 Å². The second-order valence-corrected chi connectivity index (χ2v) is 4.54. The summed E-state index contributed by atoms with van der Waals surface area (Å²) in [6.07, 6.45) is 1.77. The quantitative estimate of drug-likeness (QED) is 0.896. The molecule has 0 aliphatic heterocycles. The van der Waals surface area contributed by atoms with Crippen LogP contribution in [0.5, 0.6) is 0 Å². The summed E-state index contributed by atoms with van der Waals surface area (Å²) in [6, 6.07) is 11.3. The number of pyridine rings is 1. The molecule has 3 nitrogen and oxygen atoms in total. The van der Waals surface area contributed by atoms with Crippen LogP contribution in [-0.4, -0.2) is 10.9 Å². The minimum absolute atomic E-state index is 0.424. The van der Waals surface area contributed by atoms with E-state index in [1.54, 1.807) is 18.3 Å². The number of hydrogen-bond acceptors (Lipinski definition) is 2. The molecule has 0 aliphatic carbocycles. The maximum absolute atomic E-state index is 11.4. The molecular weight excluding hydrogens is 224 g/mol. The summed E-state index contributed by atoms with van der Waals surface area (Å²) in [5, 5.41) is 0. The van der Waals surface area contributed by atoms with Gasteiger partial charge < -0.3 is 5.73 Å². The Morgan fingerprint density at radius 1 is 1.22 bits per heavy atom. The van der Waals surface area contributed by atoms with Crippen molar-refractivity contribution in [3.8, 4) is 11.3 Å². The molecule has 1 amide bonds.